The summed E-state index contributed by atoms with van der Waals surface area (Å²) in [5.74, 6) is -0.515. The molecule has 0 bridgehead atoms. The number of nitrogens with zero attached hydrogens (tertiary/aromatic N) is 1. The number of nitrogens with one attached hydrogen (secondary N) is 1. The van der Waals surface area contributed by atoms with Crippen LogP contribution in [0.5, 0.6) is 0 Å². The molecular weight excluding hydrogens is 278 g/mol. The molecule has 2 aromatic heterocycles. The molecule has 1 aromatic carbocycles. The molecule has 0 atom stereocenters. The molecule has 0 radical (unpaired) electrons. The van der Waals surface area contributed by atoms with Gasteiger partial charge in [-0.1, -0.05) is 0 Å². The molecular formula is C17H15N3O2. The maximum absolute atomic E-state index is 11.6. The number of aromatic amines is 1. The molecule has 1 amide bonds. The van der Waals surface area contributed by atoms with Crippen LogP contribution in [0.4, 0.5) is 0 Å². The van der Waals surface area contributed by atoms with E-state index in [9.17, 15) is 9.59 Å². The third kappa shape index (κ3) is 2.26. The number of benzene rings is 1. The zero-order valence-corrected chi connectivity index (χ0v) is 12.3. The summed E-state index contributed by atoms with van der Waals surface area (Å²) >= 11 is 0. The Morgan fingerprint density at radius 3 is 2.68 bits per heavy atom. The number of fused-ring (bicyclic) bond motifs is 1. The van der Waals surface area contributed by atoms with E-state index in [0.29, 0.717) is 11.3 Å². The lowest BCUT2D eigenvalue weighted by Crippen LogP contribution is -2.13. The van der Waals surface area contributed by atoms with Crippen LogP contribution < -0.4 is 11.3 Å². The lowest BCUT2D eigenvalue weighted by Gasteiger charge is -2.10. The van der Waals surface area contributed by atoms with Crippen LogP contribution >= 0.6 is 0 Å². The lowest BCUT2D eigenvalue weighted by molar-refractivity contribution is 0.100. The summed E-state index contributed by atoms with van der Waals surface area (Å²) in [6, 6.07) is 8.71. The van der Waals surface area contributed by atoms with Crippen LogP contribution in [0.3, 0.4) is 0 Å². The highest BCUT2D eigenvalue weighted by molar-refractivity contribution is 6.00. The van der Waals surface area contributed by atoms with Gasteiger partial charge in [0.15, 0.2) is 0 Å². The lowest BCUT2D eigenvalue weighted by atomic mass is 9.98. The monoisotopic (exact) mass is 293 g/mol. The third-order valence-corrected chi connectivity index (χ3v) is 3.70. The molecule has 0 saturated carbocycles. The van der Waals surface area contributed by atoms with E-state index in [4.69, 9.17) is 5.73 Å². The second-order valence-electron chi connectivity index (χ2n) is 5.30. The molecule has 2 heterocycles. The van der Waals surface area contributed by atoms with Crippen LogP contribution in [0.25, 0.3) is 22.2 Å². The molecule has 0 fully saturated rings. The Morgan fingerprint density at radius 1 is 1.18 bits per heavy atom. The average Bonchev–Trinajstić information content (AvgIpc) is 2.48. The zero-order valence-electron chi connectivity index (χ0n) is 12.3. The molecule has 0 aliphatic carbocycles. The fourth-order valence-electron chi connectivity index (χ4n) is 2.67. The first-order chi connectivity index (χ1) is 10.5. The molecule has 3 N–H and O–H groups in total. The van der Waals surface area contributed by atoms with Crippen LogP contribution in [0, 0.1) is 13.8 Å². The van der Waals surface area contributed by atoms with E-state index in [1.54, 1.807) is 24.4 Å². The summed E-state index contributed by atoms with van der Waals surface area (Å²) in [5, 5.41) is 0.927. The number of amides is 1. The average molecular weight is 293 g/mol. The van der Waals surface area contributed by atoms with E-state index in [1.807, 2.05) is 26.0 Å². The van der Waals surface area contributed by atoms with E-state index < -0.39 is 5.91 Å². The van der Waals surface area contributed by atoms with Gasteiger partial charge in [-0.05, 0) is 49.2 Å². The molecule has 0 aliphatic heterocycles. The summed E-state index contributed by atoms with van der Waals surface area (Å²) in [6.45, 7) is 3.79. The largest absolute Gasteiger partial charge is 0.366 e. The smallest absolute Gasteiger partial charge is 0.250 e. The second-order valence-corrected chi connectivity index (χ2v) is 5.30. The van der Waals surface area contributed by atoms with Crippen molar-refractivity contribution in [3.63, 3.8) is 0 Å². The number of hydrogen-bond donors (Lipinski definition) is 2. The summed E-state index contributed by atoms with van der Waals surface area (Å²) in [6.07, 6.45) is 1.63. The standard InChI is InChI=1S/C17H15N3O2/c1-9-7-14(21)20-15-10(2)6-11(8-13(9)15)16-12(17(18)22)4-3-5-19-16/h3-8H,1-2H3,(H2,18,22)(H,20,21). The van der Waals surface area contributed by atoms with E-state index in [1.165, 1.54) is 0 Å². The van der Waals surface area contributed by atoms with E-state index in [-0.39, 0.29) is 5.56 Å². The summed E-state index contributed by atoms with van der Waals surface area (Å²) in [7, 11) is 0. The Morgan fingerprint density at radius 2 is 1.95 bits per heavy atom. The fourth-order valence-corrected chi connectivity index (χ4v) is 2.67. The maximum atomic E-state index is 11.6. The number of H-pyrrole nitrogens is 1. The van der Waals surface area contributed by atoms with E-state index >= 15 is 0 Å². The Labute approximate surface area is 126 Å². The van der Waals surface area contributed by atoms with Crippen molar-refractivity contribution in [3.05, 3.63) is 63.6 Å². The van der Waals surface area contributed by atoms with Crippen LogP contribution in [0.2, 0.25) is 0 Å². The number of pyridine rings is 2. The number of rotatable bonds is 2. The van der Waals surface area contributed by atoms with Gasteiger partial charge in [-0.2, -0.15) is 0 Å². The van der Waals surface area contributed by atoms with Crippen molar-refractivity contribution >= 4 is 16.8 Å². The topological polar surface area (TPSA) is 88.8 Å². The van der Waals surface area contributed by atoms with Gasteiger partial charge in [0.2, 0.25) is 5.56 Å². The first-order valence-corrected chi connectivity index (χ1v) is 6.87. The van der Waals surface area contributed by atoms with Crippen molar-refractivity contribution in [3.8, 4) is 11.3 Å². The minimum absolute atomic E-state index is 0.128. The summed E-state index contributed by atoms with van der Waals surface area (Å²) < 4.78 is 0. The predicted molar refractivity (Wildman–Crippen MR) is 85.8 cm³/mol. The first kappa shape index (κ1) is 14.0. The van der Waals surface area contributed by atoms with Crippen molar-refractivity contribution < 1.29 is 4.79 Å². The minimum atomic E-state index is -0.515. The van der Waals surface area contributed by atoms with Crippen LogP contribution in [0.1, 0.15) is 21.5 Å². The van der Waals surface area contributed by atoms with Crippen molar-refractivity contribution in [1.29, 1.82) is 0 Å². The number of aryl methyl sites for hydroxylation is 2. The molecule has 3 aromatic rings. The fraction of sp³-hybridized carbons (Fsp3) is 0.118. The third-order valence-electron chi connectivity index (χ3n) is 3.70. The molecule has 0 aliphatic rings. The van der Waals surface area contributed by atoms with Crippen molar-refractivity contribution in [1.82, 2.24) is 9.97 Å². The van der Waals surface area contributed by atoms with Crippen LogP contribution in [-0.2, 0) is 0 Å². The maximum Gasteiger partial charge on any atom is 0.250 e. The molecule has 5 nitrogen and oxygen atoms in total. The molecule has 5 heteroatoms. The molecule has 110 valence electrons. The first-order valence-electron chi connectivity index (χ1n) is 6.87. The molecule has 0 saturated heterocycles. The zero-order chi connectivity index (χ0) is 15.9. The Kier molecular flexibility index (Phi) is 3.25. The van der Waals surface area contributed by atoms with Crippen LogP contribution in [-0.4, -0.2) is 15.9 Å². The number of aromatic nitrogens is 2. The van der Waals surface area contributed by atoms with Crippen molar-refractivity contribution in [2.24, 2.45) is 5.73 Å². The predicted octanol–water partition coefficient (Wildman–Crippen LogP) is 2.31. The second kappa shape index (κ2) is 5.11. The van der Waals surface area contributed by atoms with Gasteiger partial charge in [0, 0.05) is 23.2 Å². The van der Waals surface area contributed by atoms with Crippen LogP contribution in [0.15, 0.2) is 41.3 Å². The highest BCUT2D eigenvalue weighted by Gasteiger charge is 2.13. The van der Waals surface area contributed by atoms with Crippen molar-refractivity contribution in [2.45, 2.75) is 13.8 Å². The highest BCUT2D eigenvalue weighted by Crippen LogP contribution is 2.28. The number of primary amides is 1. The van der Waals surface area contributed by atoms with Gasteiger partial charge in [-0.15, -0.1) is 0 Å². The van der Waals surface area contributed by atoms with Gasteiger partial charge in [0.25, 0.3) is 5.91 Å². The molecule has 3 rings (SSSR count). The van der Waals surface area contributed by atoms with E-state index in [2.05, 4.69) is 9.97 Å². The number of carbonyl (C=O) groups is 1. The van der Waals surface area contributed by atoms with E-state index in [0.717, 1.165) is 27.6 Å². The highest BCUT2D eigenvalue weighted by atomic mass is 16.1. The summed E-state index contributed by atoms with van der Waals surface area (Å²) in [5.41, 5.74) is 9.61. The van der Waals surface area contributed by atoms with Gasteiger partial charge in [0.05, 0.1) is 16.8 Å². The summed E-state index contributed by atoms with van der Waals surface area (Å²) in [4.78, 5) is 30.4. The molecule has 0 spiro atoms. The SMILES string of the molecule is Cc1cc(=O)[nH]c2c(C)cc(-c3ncccc3C(N)=O)cc12. The minimum Gasteiger partial charge on any atom is -0.366 e. The van der Waals surface area contributed by atoms with Gasteiger partial charge in [-0.3, -0.25) is 14.6 Å². The number of nitrogens with two attached hydrogens (primary N) is 1. The van der Waals surface area contributed by atoms with Gasteiger partial charge in [0.1, 0.15) is 0 Å². The Bertz CT molecular complexity index is 958. The number of carbonyl (C=O) groups excluding carboxylic acids is 1. The Balaban J connectivity index is 2.35. The quantitative estimate of drug-likeness (QED) is 0.759. The molecule has 22 heavy (non-hydrogen) atoms. The van der Waals surface area contributed by atoms with Crippen molar-refractivity contribution in [2.75, 3.05) is 0 Å². The van der Waals surface area contributed by atoms with Gasteiger partial charge < -0.3 is 10.7 Å². The normalized spacial score (nSPS) is 10.8. The van der Waals surface area contributed by atoms with Gasteiger partial charge in [-0.25, -0.2) is 0 Å². The molecule has 0 unspecified atom stereocenters. The Hall–Kier alpha value is -2.95. The van der Waals surface area contributed by atoms with Gasteiger partial charge >= 0.3 is 0 Å². The number of hydrogen-bond acceptors (Lipinski definition) is 3.